The molecule has 2 nitrogen and oxygen atoms in total. The van der Waals surface area contributed by atoms with Crippen LogP contribution in [-0.4, -0.2) is 19.3 Å². The highest BCUT2D eigenvalue weighted by Gasteiger charge is 2.25. The average molecular weight is 124 g/mol. The first kappa shape index (κ1) is 5.45. The quantitative estimate of drug-likeness (QED) is 0.447. The standard InChI is InChI=1S/C7H12N2/c1-2-6-3-5-9-7(6)8-4-1/h1-2,6-9H,3-5H2. The second-order valence-electron chi connectivity index (χ2n) is 2.72. The summed E-state index contributed by atoms with van der Waals surface area (Å²) >= 11 is 0. The maximum Gasteiger partial charge on any atom is 0.0639 e. The molecule has 1 saturated heterocycles. The zero-order valence-electron chi connectivity index (χ0n) is 5.43. The van der Waals surface area contributed by atoms with E-state index in [2.05, 4.69) is 22.8 Å². The number of rotatable bonds is 0. The second-order valence-corrected chi connectivity index (χ2v) is 2.72. The van der Waals surface area contributed by atoms with Crippen LogP contribution in [0.15, 0.2) is 12.2 Å². The Labute approximate surface area is 55.3 Å². The van der Waals surface area contributed by atoms with Crippen LogP contribution in [0.5, 0.6) is 0 Å². The molecule has 0 saturated carbocycles. The highest BCUT2D eigenvalue weighted by atomic mass is 15.1. The molecule has 2 atom stereocenters. The minimum Gasteiger partial charge on any atom is -0.301 e. The van der Waals surface area contributed by atoms with Crippen molar-refractivity contribution in [2.75, 3.05) is 13.1 Å². The molecule has 2 N–H and O–H groups in total. The highest BCUT2D eigenvalue weighted by Crippen LogP contribution is 2.16. The zero-order chi connectivity index (χ0) is 6.10. The van der Waals surface area contributed by atoms with Crippen LogP contribution in [0.1, 0.15) is 6.42 Å². The Kier molecular flexibility index (Phi) is 1.28. The van der Waals surface area contributed by atoms with Crippen LogP contribution >= 0.6 is 0 Å². The predicted octanol–water partition coefficient (Wildman–Crippen LogP) is 0.0814. The Balaban J connectivity index is 2.10. The van der Waals surface area contributed by atoms with Gasteiger partial charge in [-0.2, -0.15) is 0 Å². The van der Waals surface area contributed by atoms with Crippen LogP contribution in [0.3, 0.4) is 0 Å². The van der Waals surface area contributed by atoms with E-state index >= 15 is 0 Å². The number of fused-ring (bicyclic) bond motifs is 1. The summed E-state index contributed by atoms with van der Waals surface area (Å²) in [6.07, 6.45) is 6.42. The maximum absolute atomic E-state index is 3.40. The van der Waals surface area contributed by atoms with E-state index in [0.717, 1.165) is 12.5 Å². The number of hydrogen-bond donors (Lipinski definition) is 2. The van der Waals surface area contributed by atoms with Crippen molar-refractivity contribution in [3.8, 4) is 0 Å². The lowest BCUT2D eigenvalue weighted by molar-refractivity contribution is 0.428. The minimum absolute atomic E-state index is 0.579. The Hall–Kier alpha value is -0.340. The number of hydrogen-bond acceptors (Lipinski definition) is 2. The summed E-state index contributed by atoms with van der Waals surface area (Å²) in [6, 6.07) is 0. The van der Waals surface area contributed by atoms with Crippen molar-refractivity contribution >= 4 is 0 Å². The summed E-state index contributed by atoms with van der Waals surface area (Å²) in [4.78, 5) is 0. The molecule has 0 aromatic carbocycles. The van der Waals surface area contributed by atoms with Crippen LogP contribution in [0.4, 0.5) is 0 Å². The average Bonchev–Trinajstić information content (AvgIpc) is 2.33. The molecule has 2 rings (SSSR count). The van der Waals surface area contributed by atoms with E-state index < -0.39 is 0 Å². The fraction of sp³-hybridized carbons (Fsp3) is 0.714. The van der Waals surface area contributed by atoms with Crippen molar-refractivity contribution in [1.82, 2.24) is 10.6 Å². The van der Waals surface area contributed by atoms with Gasteiger partial charge in [0.05, 0.1) is 6.17 Å². The normalized spacial score (nSPS) is 40.9. The lowest BCUT2D eigenvalue weighted by Crippen LogP contribution is -2.43. The van der Waals surface area contributed by atoms with Gasteiger partial charge < -0.3 is 5.32 Å². The van der Waals surface area contributed by atoms with Gasteiger partial charge in [-0.05, 0) is 13.0 Å². The molecule has 9 heavy (non-hydrogen) atoms. The molecule has 0 amide bonds. The largest absolute Gasteiger partial charge is 0.301 e. The molecule has 0 spiro atoms. The first-order valence-electron chi connectivity index (χ1n) is 3.60. The van der Waals surface area contributed by atoms with Crippen molar-refractivity contribution < 1.29 is 0 Å². The fourth-order valence-electron chi connectivity index (χ4n) is 1.59. The highest BCUT2D eigenvalue weighted by molar-refractivity contribution is 5.02. The van der Waals surface area contributed by atoms with Gasteiger partial charge >= 0.3 is 0 Å². The van der Waals surface area contributed by atoms with E-state index in [1.54, 1.807) is 0 Å². The van der Waals surface area contributed by atoms with Crippen molar-refractivity contribution in [1.29, 1.82) is 0 Å². The van der Waals surface area contributed by atoms with E-state index in [0.29, 0.717) is 6.17 Å². The third-order valence-electron chi connectivity index (χ3n) is 2.11. The van der Waals surface area contributed by atoms with Gasteiger partial charge in [-0.1, -0.05) is 12.2 Å². The molecule has 50 valence electrons. The van der Waals surface area contributed by atoms with E-state index in [1.807, 2.05) is 0 Å². The summed E-state index contributed by atoms with van der Waals surface area (Å²) in [7, 11) is 0. The molecule has 0 aromatic rings. The van der Waals surface area contributed by atoms with Gasteiger partial charge in [0.25, 0.3) is 0 Å². The van der Waals surface area contributed by atoms with Gasteiger partial charge in [0, 0.05) is 12.5 Å². The Bertz CT molecular complexity index is 131. The van der Waals surface area contributed by atoms with E-state index in [9.17, 15) is 0 Å². The molecule has 2 heteroatoms. The van der Waals surface area contributed by atoms with Crippen molar-refractivity contribution in [2.45, 2.75) is 12.6 Å². The summed E-state index contributed by atoms with van der Waals surface area (Å²) in [5.41, 5.74) is 0. The van der Waals surface area contributed by atoms with Gasteiger partial charge in [-0.15, -0.1) is 0 Å². The molecule has 0 aliphatic carbocycles. The predicted molar refractivity (Wildman–Crippen MR) is 37.0 cm³/mol. The maximum atomic E-state index is 3.40. The lowest BCUT2D eigenvalue weighted by Gasteiger charge is -2.20. The van der Waals surface area contributed by atoms with Crippen LogP contribution in [-0.2, 0) is 0 Å². The first-order valence-corrected chi connectivity index (χ1v) is 3.60. The zero-order valence-corrected chi connectivity index (χ0v) is 5.43. The fourth-order valence-corrected chi connectivity index (χ4v) is 1.59. The van der Waals surface area contributed by atoms with Gasteiger partial charge in [0.2, 0.25) is 0 Å². The van der Waals surface area contributed by atoms with E-state index in [4.69, 9.17) is 0 Å². The van der Waals surface area contributed by atoms with Crippen LogP contribution < -0.4 is 10.6 Å². The Morgan fingerprint density at radius 2 is 2.33 bits per heavy atom. The van der Waals surface area contributed by atoms with E-state index in [1.165, 1.54) is 13.0 Å². The summed E-state index contributed by atoms with van der Waals surface area (Å²) < 4.78 is 0. The molecule has 0 bridgehead atoms. The molecular weight excluding hydrogens is 112 g/mol. The number of nitrogens with one attached hydrogen (secondary N) is 2. The summed E-state index contributed by atoms with van der Waals surface area (Å²) in [5.74, 6) is 0.763. The van der Waals surface area contributed by atoms with Crippen LogP contribution in [0.25, 0.3) is 0 Å². The smallest absolute Gasteiger partial charge is 0.0639 e. The topological polar surface area (TPSA) is 24.1 Å². The molecule has 0 aromatic heterocycles. The van der Waals surface area contributed by atoms with Crippen LogP contribution in [0, 0.1) is 5.92 Å². The molecule has 1 fully saturated rings. The molecule has 0 radical (unpaired) electrons. The van der Waals surface area contributed by atoms with Crippen LogP contribution in [0.2, 0.25) is 0 Å². The van der Waals surface area contributed by atoms with Crippen molar-refractivity contribution in [3.63, 3.8) is 0 Å². The van der Waals surface area contributed by atoms with E-state index in [-0.39, 0.29) is 0 Å². The third kappa shape index (κ3) is 0.884. The van der Waals surface area contributed by atoms with Gasteiger partial charge in [-0.25, -0.2) is 0 Å². The summed E-state index contributed by atoms with van der Waals surface area (Å²) in [5, 5.41) is 6.78. The molecule has 2 aliphatic heterocycles. The van der Waals surface area contributed by atoms with Gasteiger partial charge in [0.15, 0.2) is 0 Å². The monoisotopic (exact) mass is 124 g/mol. The molecule has 2 unspecified atom stereocenters. The van der Waals surface area contributed by atoms with Crippen molar-refractivity contribution in [3.05, 3.63) is 12.2 Å². The molecular formula is C7H12N2. The third-order valence-corrected chi connectivity index (χ3v) is 2.11. The Morgan fingerprint density at radius 1 is 1.33 bits per heavy atom. The molecule has 2 heterocycles. The van der Waals surface area contributed by atoms with Gasteiger partial charge in [-0.3, -0.25) is 5.32 Å². The van der Waals surface area contributed by atoms with Crippen molar-refractivity contribution in [2.24, 2.45) is 5.92 Å². The second kappa shape index (κ2) is 2.12. The molecule has 2 aliphatic rings. The minimum atomic E-state index is 0.579. The Morgan fingerprint density at radius 3 is 3.22 bits per heavy atom. The summed E-state index contributed by atoms with van der Waals surface area (Å²) in [6.45, 7) is 2.21. The SMILES string of the molecule is C1=CC2CCNC2NC1. The first-order chi connectivity index (χ1) is 4.47. The van der Waals surface area contributed by atoms with Gasteiger partial charge in [0.1, 0.15) is 0 Å². The lowest BCUT2D eigenvalue weighted by atomic mass is 10.0.